The molecule has 0 atom stereocenters. The molecule has 116 valence electrons. The monoisotopic (exact) mass is 300 g/mol. The van der Waals surface area contributed by atoms with Crippen molar-refractivity contribution in [3.05, 3.63) is 36.4 Å². The minimum Gasteiger partial charge on any atom is -0.506 e. The molecule has 0 amide bonds. The van der Waals surface area contributed by atoms with E-state index in [2.05, 4.69) is 10.2 Å². The summed E-state index contributed by atoms with van der Waals surface area (Å²) in [6.07, 6.45) is 0. The molecule has 0 unspecified atom stereocenters. The van der Waals surface area contributed by atoms with E-state index < -0.39 is 0 Å². The van der Waals surface area contributed by atoms with Crippen molar-refractivity contribution < 1.29 is 10.2 Å². The van der Waals surface area contributed by atoms with Crippen LogP contribution in [0.25, 0.3) is 0 Å². The van der Waals surface area contributed by atoms with E-state index in [1.54, 1.807) is 24.3 Å². The van der Waals surface area contributed by atoms with Crippen molar-refractivity contribution in [2.75, 3.05) is 38.0 Å². The maximum absolute atomic E-state index is 9.95. The first-order valence-electron chi connectivity index (χ1n) is 6.81. The van der Waals surface area contributed by atoms with E-state index in [4.69, 9.17) is 0 Å². The Morgan fingerprint density at radius 2 is 1.05 bits per heavy atom. The van der Waals surface area contributed by atoms with Crippen molar-refractivity contribution in [3.8, 4) is 11.5 Å². The van der Waals surface area contributed by atoms with E-state index in [1.165, 1.54) is 0 Å². The molecule has 0 saturated carbocycles. The van der Waals surface area contributed by atoms with Crippen LogP contribution in [0.15, 0.2) is 46.6 Å². The van der Waals surface area contributed by atoms with Gasteiger partial charge in [-0.15, -0.1) is 10.2 Å². The molecule has 2 aromatic carbocycles. The zero-order valence-electron chi connectivity index (χ0n) is 13.1. The smallest absolute Gasteiger partial charge is 0.145 e. The zero-order chi connectivity index (χ0) is 16.3. The lowest BCUT2D eigenvalue weighted by atomic mass is 10.2. The van der Waals surface area contributed by atoms with Crippen LogP contribution in [0.5, 0.6) is 11.5 Å². The lowest BCUT2D eigenvalue weighted by molar-refractivity contribution is 0.474. The van der Waals surface area contributed by atoms with E-state index in [-0.39, 0.29) is 11.5 Å². The molecular weight excluding hydrogens is 280 g/mol. The lowest BCUT2D eigenvalue weighted by Gasteiger charge is -2.13. The van der Waals surface area contributed by atoms with Crippen molar-refractivity contribution >= 4 is 22.7 Å². The predicted octanol–water partition coefficient (Wildman–Crippen LogP) is 3.65. The summed E-state index contributed by atoms with van der Waals surface area (Å²) in [4.78, 5) is 3.76. The number of phenols is 2. The van der Waals surface area contributed by atoms with Gasteiger partial charge in [-0.2, -0.15) is 0 Å². The molecule has 0 saturated heterocycles. The first kappa shape index (κ1) is 15.6. The Kier molecular flexibility index (Phi) is 4.50. The second-order valence-electron chi connectivity index (χ2n) is 5.33. The number of azo groups is 1. The summed E-state index contributed by atoms with van der Waals surface area (Å²) in [6.45, 7) is 0. The Morgan fingerprint density at radius 3 is 1.32 bits per heavy atom. The van der Waals surface area contributed by atoms with Gasteiger partial charge in [0.1, 0.15) is 22.9 Å². The van der Waals surface area contributed by atoms with Gasteiger partial charge in [0.25, 0.3) is 0 Å². The number of nitrogens with zero attached hydrogens (tertiary/aromatic N) is 4. The van der Waals surface area contributed by atoms with Crippen LogP contribution in [-0.4, -0.2) is 38.4 Å². The average Bonchev–Trinajstić information content (AvgIpc) is 2.46. The van der Waals surface area contributed by atoms with Gasteiger partial charge < -0.3 is 20.0 Å². The van der Waals surface area contributed by atoms with Gasteiger partial charge in [-0.05, 0) is 24.3 Å². The van der Waals surface area contributed by atoms with Gasteiger partial charge in [-0.1, -0.05) is 0 Å². The highest BCUT2D eigenvalue weighted by Gasteiger charge is 2.05. The summed E-state index contributed by atoms with van der Waals surface area (Å²) in [5.41, 5.74) is 2.44. The summed E-state index contributed by atoms with van der Waals surface area (Å²) in [5, 5.41) is 27.9. The van der Waals surface area contributed by atoms with Crippen LogP contribution >= 0.6 is 0 Å². The normalized spacial score (nSPS) is 10.9. The molecule has 2 rings (SSSR count). The van der Waals surface area contributed by atoms with Crippen LogP contribution < -0.4 is 9.80 Å². The van der Waals surface area contributed by atoms with Crippen LogP contribution in [0, 0.1) is 0 Å². The van der Waals surface area contributed by atoms with Crippen LogP contribution in [0.1, 0.15) is 0 Å². The predicted molar refractivity (Wildman–Crippen MR) is 89.0 cm³/mol. The summed E-state index contributed by atoms with van der Waals surface area (Å²) in [6, 6.07) is 10.3. The largest absolute Gasteiger partial charge is 0.506 e. The van der Waals surface area contributed by atoms with Crippen molar-refractivity contribution in [1.82, 2.24) is 0 Å². The summed E-state index contributed by atoms with van der Waals surface area (Å²) < 4.78 is 0. The molecule has 2 aromatic rings. The molecule has 2 N–H and O–H groups in total. The molecule has 0 aliphatic heterocycles. The Labute approximate surface area is 130 Å². The third-order valence-electron chi connectivity index (χ3n) is 3.22. The van der Waals surface area contributed by atoms with E-state index in [0.717, 1.165) is 11.4 Å². The molecule has 0 radical (unpaired) electrons. The molecule has 0 aromatic heterocycles. The molecule has 0 fully saturated rings. The first-order chi connectivity index (χ1) is 10.4. The SMILES string of the molecule is CN(C)c1ccc(/N=N/c2ccc(N(C)C)cc2O)c(O)c1. The number of rotatable bonds is 4. The molecular formula is C16H20N4O2. The van der Waals surface area contributed by atoms with E-state index in [0.29, 0.717) is 11.4 Å². The number of hydrogen-bond donors (Lipinski definition) is 2. The molecule has 22 heavy (non-hydrogen) atoms. The lowest BCUT2D eigenvalue weighted by Crippen LogP contribution is -2.07. The highest BCUT2D eigenvalue weighted by molar-refractivity contribution is 5.63. The molecule has 6 nitrogen and oxygen atoms in total. The molecule has 0 heterocycles. The summed E-state index contributed by atoms with van der Waals surface area (Å²) in [5.74, 6) is 0.0821. The van der Waals surface area contributed by atoms with Crippen LogP contribution in [-0.2, 0) is 0 Å². The van der Waals surface area contributed by atoms with E-state index >= 15 is 0 Å². The van der Waals surface area contributed by atoms with E-state index in [1.807, 2.05) is 50.1 Å². The minimum absolute atomic E-state index is 0.0411. The fourth-order valence-electron chi connectivity index (χ4n) is 1.86. The Bertz CT molecular complexity index is 637. The van der Waals surface area contributed by atoms with Gasteiger partial charge in [0.05, 0.1) is 0 Å². The highest BCUT2D eigenvalue weighted by Crippen LogP contribution is 2.35. The van der Waals surface area contributed by atoms with Gasteiger partial charge in [-0.25, -0.2) is 0 Å². The maximum Gasteiger partial charge on any atom is 0.145 e. The zero-order valence-corrected chi connectivity index (χ0v) is 13.1. The molecule has 6 heteroatoms. The Hall–Kier alpha value is -2.76. The second kappa shape index (κ2) is 6.34. The number of anilines is 2. The standard InChI is InChI=1S/C16H20N4O2/c1-19(2)11-5-7-13(15(21)9-11)17-18-14-8-6-12(20(3)4)10-16(14)22/h5-10,21-22H,1-4H3/b18-17+. The third-order valence-corrected chi connectivity index (χ3v) is 3.22. The van der Waals surface area contributed by atoms with Gasteiger partial charge in [0.2, 0.25) is 0 Å². The number of aromatic hydroxyl groups is 2. The van der Waals surface area contributed by atoms with Crippen molar-refractivity contribution in [3.63, 3.8) is 0 Å². The maximum atomic E-state index is 9.95. The fourth-order valence-corrected chi connectivity index (χ4v) is 1.86. The number of hydrogen-bond acceptors (Lipinski definition) is 6. The molecule has 0 bridgehead atoms. The molecule has 0 aliphatic carbocycles. The van der Waals surface area contributed by atoms with Crippen LogP contribution in [0.4, 0.5) is 22.7 Å². The van der Waals surface area contributed by atoms with E-state index in [9.17, 15) is 10.2 Å². The number of phenolic OH excluding ortho intramolecular Hbond substituents is 2. The van der Waals surface area contributed by atoms with Gasteiger partial charge in [0, 0.05) is 51.7 Å². The quantitative estimate of drug-likeness (QED) is 0.846. The third kappa shape index (κ3) is 3.46. The highest BCUT2D eigenvalue weighted by atomic mass is 16.3. The van der Waals surface area contributed by atoms with Crippen molar-refractivity contribution in [2.24, 2.45) is 10.2 Å². The Balaban J connectivity index is 2.25. The molecule has 0 aliphatic rings. The Morgan fingerprint density at radius 1 is 0.682 bits per heavy atom. The summed E-state index contributed by atoms with van der Waals surface area (Å²) >= 11 is 0. The van der Waals surface area contributed by atoms with Gasteiger partial charge in [0.15, 0.2) is 0 Å². The number of benzene rings is 2. The minimum atomic E-state index is 0.0411. The average molecular weight is 300 g/mol. The van der Waals surface area contributed by atoms with Crippen LogP contribution in [0.3, 0.4) is 0 Å². The van der Waals surface area contributed by atoms with Crippen LogP contribution in [0.2, 0.25) is 0 Å². The van der Waals surface area contributed by atoms with Crippen molar-refractivity contribution in [2.45, 2.75) is 0 Å². The first-order valence-corrected chi connectivity index (χ1v) is 6.81. The van der Waals surface area contributed by atoms with Crippen molar-refractivity contribution in [1.29, 1.82) is 0 Å². The molecule has 0 spiro atoms. The van der Waals surface area contributed by atoms with Gasteiger partial charge in [-0.3, -0.25) is 0 Å². The summed E-state index contributed by atoms with van der Waals surface area (Å²) in [7, 11) is 7.56. The second-order valence-corrected chi connectivity index (χ2v) is 5.33. The van der Waals surface area contributed by atoms with Gasteiger partial charge >= 0.3 is 0 Å². The fraction of sp³-hybridized carbons (Fsp3) is 0.250. The topological polar surface area (TPSA) is 71.7 Å².